The molecule has 4 nitrogen and oxygen atoms in total. The van der Waals surface area contributed by atoms with Crippen LogP contribution in [0.3, 0.4) is 0 Å². The topological polar surface area (TPSA) is 39.1 Å². The Labute approximate surface area is 114 Å². The van der Waals surface area contributed by atoms with Crippen molar-refractivity contribution >= 4 is 0 Å². The summed E-state index contributed by atoms with van der Waals surface area (Å²) in [6.07, 6.45) is 0. The van der Waals surface area contributed by atoms with Crippen LogP contribution in [0.25, 0.3) is 0 Å². The van der Waals surface area contributed by atoms with Crippen LogP contribution in [0.15, 0.2) is 24.3 Å². The van der Waals surface area contributed by atoms with Crippen molar-refractivity contribution in [2.75, 3.05) is 6.54 Å². The van der Waals surface area contributed by atoms with Gasteiger partial charge in [-0.1, -0.05) is 25.1 Å². The van der Waals surface area contributed by atoms with Gasteiger partial charge in [-0.05, 0) is 32.0 Å². The number of rotatable bonds is 5. The molecule has 2 aromatic rings. The first-order chi connectivity index (χ1) is 9.13. The predicted octanol–water partition coefficient (Wildman–Crippen LogP) is 2.94. The predicted molar refractivity (Wildman–Crippen MR) is 76.6 cm³/mol. The molecule has 0 atom stereocenters. The Hall–Kier alpha value is -1.81. The minimum Gasteiger partial charge on any atom is -0.439 e. The second-order valence-corrected chi connectivity index (χ2v) is 4.64. The Morgan fingerprint density at radius 1 is 1.26 bits per heavy atom. The van der Waals surface area contributed by atoms with E-state index in [1.54, 1.807) is 4.68 Å². The van der Waals surface area contributed by atoms with Gasteiger partial charge in [-0.2, -0.15) is 5.10 Å². The number of aryl methyl sites for hydroxylation is 3. The number of aromatic nitrogens is 2. The van der Waals surface area contributed by atoms with Gasteiger partial charge in [0.25, 0.3) is 0 Å². The van der Waals surface area contributed by atoms with E-state index in [2.05, 4.69) is 17.3 Å². The quantitative estimate of drug-likeness (QED) is 0.897. The number of hydrogen-bond donors (Lipinski definition) is 1. The Morgan fingerprint density at radius 2 is 2.00 bits per heavy atom. The molecule has 0 saturated carbocycles. The first kappa shape index (κ1) is 13.6. The third kappa shape index (κ3) is 2.96. The number of benzene rings is 1. The van der Waals surface area contributed by atoms with E-state index < -0.39 is 0 Å². The van der Waals surface area contributed by atoms with Crippen LogP contribution in [0.1, 0.15) is 23.7 Å². The lowest BCUT2D eigenvalue weighted by atomic mass is 10.2. The summed E-state index contributed by atoms with van der Waals surface area (Å²) in [6.45, 7) is 7.85. The lowest BCUT2D eigenvalue weighted by Gasteiger charge is -2.11. The van der Waals surface area contributed by atoms with E-state index in [1.165, 1.54) is 0 Å². The van der Waals surface area contributed by atoms with E-state index in [0.717, 1.165) is 41.5 Å². The zero-order chi connectivity index (χ0) is 13.8. The summed E-state index contributed by atoms with van der Waals surface area (Å²) < 4.78 is 7.85. The molecule has 1 aromatic carbocycles. The van der Waals surface area contributed by atoms with E-state index in [1.807, 2.05) is 45.2 Å². The van der Waals surface area contributed by atoms with Crippen LogP contribution < -0.4 is 10.1 Å². The lowest BCUT2D eigenvalue weighted by Crippen LogP contribution is -2.13. The third-order valence-corrected chi connectivity index (χ3v) is 3.14. The molecular weight excluding hydrogens is 238 g/mol. The fourth-order valence-corrected chi connectivity index (χ4v) is 2.04. The molecule has 0 aliphatic rings. The smallest absolute Gasteiger partial charge is 0.222 e. The number of nitrogens with zero attached hydrogens (tertiary/aromatic N) is 2. The van der Waals surface area contributed by atoms with Crippen molar-refractivity contribution in [3.8, 4) is 11.6 Å². The molecule has 4 heteroatoms. The normalized spacial score (nSPS) is 10.7. The van der Waals surface area contributed by atoms with Gasteiger partial charge in [0.2, 0.25) is 5.88 Å². The van der Waals surface area contributed by atoms with Crippen molar-refractivity contribution in [2.45, 2.75) is 27.3 Å². The zero-order valence-electron chi connectivity index (χ0n) is 12.0. The van der Waals surface area contributed by atoms with E-state index in [-0.39, 0.29) is 0 Å². The molecule has 0 radical (unpaired) electrons. The Bertz CT molecular complexity index is 561. The summed E-state index contributed by atoms with van der Waals surface area (Å²) in [6, 6.07) is 8.02. The van der Waals surface area contributed by atoms with Crippen molar-refractivity contribution in [1.82, 2.24) is 15.1 Å². The minimum atomic E-state index is 0.775. The summed E-state index contributed by atoms with van der Waals surface area (Å²) in [5.74, 6) is 1.69. The molecule has 0 aliphatic carbocycles. The number of hydrogen-bond acceptors (Lipinski definition) is 3. The second-order valence-electron chi connectivity index (χ2n) is 4.64. The van der Waals surface area contributed by atoms with Gasteiger partial charge >= 0.3 is 0 Å². The largest absolute Gasteiger partial charge is 0.439 e. The summed E-state index contributed by atoms with van der Waals surface area (Å²) >= 11 is 0. The second kappa shape index (κ2) is 5.89. The van der Waals surface area contributed by atoms with Gasteiger partial charge in [0.05, 0.1) is 11.3 Å². The summed E-state index contributed by atoms with van der Waals surface area (Å²) in [5.41, 5.74) is 3.25. The van der Waals surface area contributed by atoms with Crippen LogP contribution in [0.4, 0.5) is 0 Å². The fourth-order valence-electron chi connectivity index (χ4n) is 2.04. The highest BCUT2D eigenvalue weighted by Gasteiger charge is 2.15. The average molecular weight is 259 g/mol. The van der Waals surface area contributed by atoms with Crippen LogP contribution in [0.5, 0.6) is 11.6 Å². The van der Waals surface area contributed by atoms with Gasteiger partial charge in [-0.25, -0.2) is 4.68 Å². The highest BCUT2D eigenvalue weighted by Crippen LogP contribution is 2.29. The zero-order valence-corrected chi connectivity index (χ0v) is 12.0. The van der Waals surface area contributed by atoms with Crippen molar-refractivity contribution in [3.05, 3.63) is 41.1 Å². The molecule has 19 heavy (non-hydrogen) atoms. The maximum Gasteiger partial charge on any atom is 0.222 e. The SMILES string of the molecule is CCNCc1c(C)nn(C)c1Oc1ccccc1C. The molecule has 0 unspecified atom stereocenters. The molecule has 0 amide bonds. The van der Waals surface area contributed by atoms with Gasteiger partial charge < -0.3 is 10.1 Å². The monoisotopic (exact) mass is 259 g/mol. The molecule has 1 aromatic heterocycles. The van der Waals surface area contributed by atoms with Gasteiger partial charge in [-0.15, -0.1) is 0 Å². The Kier molecular flexibility index (Phi) is 4.22. The maximum absolute atomic E-state index is 6.05. The van der Waals surface area contributed by atoms with Gasteiger partial charge in [-0.3, -0.25) is 0 Å². The first-order valence-electron chi connectivity index (χ1n) is 6.60. The third-order valence-electron chi connectivity index (χ3n) is 3.14. The number of nitrogens with one attached hydrogen (secondary N) is 1. The van der Waals surface area contributed by atoms with E-state index in [9.17, 15) is 0 Å². The van der Waals surface area contributed by atoms with Crippen LogP contribution in [0.2, 0.25) is 0 Å². The number of para-hydroxylation sites is 1. The molecule has 2 rings (SSSR count). The molecule has 1 N–H and O–H groups in total. The van der Waals surface area contributed by atoms with Crippen molar-refractivity contribution < 1.29 is 4.74 Å². The summed E-state index contributed by atoms with van der Waals surface area (Å²) in [4.78, 5) is 0. The highest BCUT2D eigenvalue weighted by atomic mass is 16.5. The highest BCUT2D eigenvalue weighted by molar-refractivity contribution is 5.39. The Morgan fingerprint density at radius 3 is 2.68 bits per heavy atom. The van der Waals surface area contributed by atoms with Crippen molar-refractivity contribution in [3.63, 3.8) is 0 Å². The first-order valence-corrected chi connectivity index (χ1v) is 6.60. The van der Waals surface area contributed by atoms with E-state index >= 15 is 0 Å². The number of ether oxygens (including phenoxy) is 1. The standard InChI is InChI=1S/C15H21N3O/c1-5-16-10-13-12(3)17-18(4)15(13)19-14-9-7-6-8-11(14)2/h6-9,16H,5,10H2,1-4H3. The fraction of sp³-hybridized carbons (Fsp3) is 0.400. The van der Waals surface area contributed by atoms with Gasteiger partial charge in [0, 0.05) is 13.6 Å². The van der Waals surface area contributed by atoms with Crippen LogP contribution >= 0.6 is 0 Å². The summed E-state index contributed by atoms with van der Waals surface area (Å²) in [5, 5.41) is 7.77. The van der Waals surface area contributed by atoms with Gasteiger partial charge in [0.1, 0.15) is 5.75 Å². The lowest BCUT2D eigenvalue weighted by molar-refractivity contribution is 0.421. The molecule has 0 fully saturated rings. The summed E-state index contributed by atoms with van der Waals surface area (Å²) in [7, 11) is 1.91. The molecule has 102 valence electrons. The van der Waals surface area contributed by atoms with E-state index in [4.69, 9.17) is 4.74 Å². The van der Waals surface area contributed by atoms with Crippen molar-refractivity contribution in [2.24, 2.45) is 7.05 Å². The molecule has 0 saturated heterocycles. The Balaban J connectivity index is 2.31. The minimum absolute atomic E-state index is 0.775. The van der Waals surface area contributed by atoms with Crippen molar-refractivity contribution in [1.29, 1.82) is 0 Å². The molecule has 1 heterocycles. The molecule has 0 aliphatic heterocycles. The van der Waals surface area contributed by atoms with Crippen LogP contribution in [0, 0.1) is 13.8 Å². The average Bonchev–Trinajstić information content (AvgIpc) is 2.65. The molecule has 0 bridgehead atoms. The molecule has 0 spiro atoms. The van der Waals surface area contributed by atoms with E-state index in [0.29, 0.717) is 0 Å². The maximum atomic E-state index is 6.05. The molecular formula is C15H21N3O. The van der Waals surface area contributed by atoms with Crippen LogP contribution in [-0.2, 0) is 13.6 Å². The van der Waals surface area contributed by atoms with Crippen LogP contribution in [-0.4, -0.2) is 16.3 Å². The van der Waals surface area contributed by atoms with Gasteiger partial charge in [0.15, 0.2) is 0 Å².